The Bertz CT molecular complexity index is 1090. The number of amides is 1. The van der Waals surface area contributed by atoms with E-state index in [-0.39, 0.29) is 12.8 Å². The molecule has 11 nitrogen and oxygen atoms in total. The third kappa shape index (κ3) is 32.4. The van der Waals surface area contributed by atoms with Gasteiger partial charge in [0.1, 0.15) is 12.7 Å². The van der Waals surface area contributed by atoms with Crippen LogP contribution in [0.2, 0.25) is 0 Å². The van der Waals surface area contributed by atoms with E-state index in [1.807, 2.05) is 0 Å². The van der Waals surface area contributed by atoms with Gasteiger partial charge in [-0.3, -0.25) is 18.6 Å². The molecule has 0 radical (unpaired) electrons. The molecular formula is C38H64NO10P. The summed E-state index contributed by atoms with van der Waals surface area (Å²) in [7, 11) is -4.75. The predicted octanol–water partition coefficient (Wildman–Crippen LogP) is 8.44. The van der Waals surface area contributed by atoms with Crippen molar-refractivity contribution in [2.24, 2.45) is 0 Å². The molecule has 0 aliphatic rings. The SMILES string of the molecule is CC/C=C\C/C=C\C/C=C\C/C=C\C/C=C\CCCCCC(=O)NC(COP(=O)(O)OCC(O)COC(=O)CCCCCCCCC)C(=O)O. The largest absolute Gasteiger partial charge is 0.480 e. The van der Waals surface area contributed by atoms with E-state index in [0.29, 0.717) is 12.8 Å². The number of aliphatic hydroxyl groups is 1. The zero-order valence-corrected chi connectivity index (χ0v) is 31.3. The Morgan fingerprint density at radius 2 is 1.16 bits per heavy atom. The van der Waals surface area contributed by atoms with Crippen LogP contribution in [0.25, 0.3) is 0 Å². The van der Waals surface area contributed by atoms with E-state index < -0.39 is 57.6 Å². The average molecular weight is 726 g/mol. The molecule has 50 heavy (non-hydrogen) atoms. The number of ether oxygens (including phenoxy) is 1. The maximum atomic E-state index is 12.2. The first-order valence-corrected chi connectivity index (χ1v) is 19.8. The minimum Gasteiger partial charge on any atom is -0.480 e. The summed E-state index contributed by atoms with van der Waals surface area (Å²) in [5.74, 6) is -2.44. The Hall–Kier alpha value is -2.82. The van der Waals surface area contributed by atoms with Crippen molar-refractivity contribution in [2.75, 3.05) is 19.8 Å². The van der Waals surface area contributed by atoms with Gasteiger partial charge >= 0.3 is 19.8 Å². The van der Waals surface area contributed by atoms with E-state index in [2.05, 4.69) is 79.9 Å². The lowest BCUT2D eigenvalue weighted by atomic mass is 10.1. The second kappa shape index (κ2) is 33.3. The molecular weight excluding hydrogens is 661 g/mol. The number of carbonyl (C=O) groups is 3. The van der Waals surface area contributed by atoms with Crippen LogP contribution in [0, 0.1) is 0 Å². The van der Waals surface area contributed by atoms with E-state index >= 15 is 0 Å². The van der Waals surface area contributed by atoms with Crippen LogP contribution in [0.15, 0.2) is 60.8 Å². The van der Waals surface area contributed by atoms with E-state index in [1.165, 1.54) is 19.3 Å². The molecule has 0 rings (SSSR count). The Morgan fingerprint density at radius 1 is 0.660 bits per heavy atom. The number of aliphatic carboxylic acids is 1. The molecule has 0 aliphatic carbocycles. The van der Waals surface area contributed by atoms with Gasteiger partial charge in [0.15, 0.2) is 6.04 Å². The van der Waals surface area contributed by atoms with Crippen LogP contribution in [-0.2, 0) is 32.7 Å². The van der Waals surface area contributed by atoms with Crippen LogP contribution >= 0.6 is 7.82 Å². The third-order valence-corrected chi connectivity index (χ3v) is 8.27. The van der Waals surface area contributed by atoms with Crippen LogP contribution in [0.3, 0.4) is 0 Å². The fourth-order valence-corrected chi connectivity index (χ4v) is 5.23. The number of esters is 1. The quantitative estimate of drug-likeness (QED) is 0.0223. The summed E-state index contributed by atoms with van der Waals surface area (Å²) < 4.78 is 26.6. The number of nitrogens with one attached hydrogen (secondary N) is 1. The second-order valence-electron chi connectivity index (χ2n) is 12.0. The summed E-state index contributed by atoms with van der Waals surface area (Å²) in [6, 6.07) is -1.56. The molecule has 0 saturated heterocycles. The van der Waals surface area contributed by atoms with Crippen molar-refractivity contribution in [3.8, 4) is 0 Å². The van der Waals surface area contributed by atoms with Crippen LogP contribution < -0.4 is 5.32 Å². The molecule has 0 spiro atoms. The molecule has 12 heteroatoms. The van der Waals surface area contributed by atoms with Gasteiger partial charge in [-0.05, 0) is 57.8 Å². The van der Waals surface area contributed by atoms with Gasteiger partial charge in [0.25, 0.3) is 0 Å². The Morgan fingerprint density at radius 3 is 1.74 bits per heavy atom. The molecule has 3 unspecified atom stereocenters. The van der Waals surface area contributed by atoms with Crippen LogP contribution in [0.1, 0.15) is 129 Å². The van der Waals surface area contributed by atoms with E-state index in [0.717, 1.165) is 70.6 Å². The molecule has 3 atom stereocenters. The second-order valence-corrected chi connectivity index (χ2v) is 13.5. The third-order valence-electron chi connectivity index (χ3n) is 7.32. The normalized spacial score (nSPS) is 14.6. The van der Waals surface area contributed by atoms with Crippen molar-refractivity contribution in [3.63, 3.8) is 0 Å². The fourth-order valence-electron chi connectivity index (χ4n) is 4.46. The minimum atomic E-state index is -4.75. The maximum Gasteiger partial charge on any atom is 0.472 e. The van der Waals surface area contributed by atoms with Crippen molar-refractivity contribution in [2.45, 2.75) is 142 Å². The molecule has 0 bridgehead atoms. The fraction of sp³-hybridized carbons (Fsp3) is 0.658. The van der Waals surface area contributed by atoms with E-state index in [9.17, 15) is 34.1 Å². The number of phosphoric acid groups is 1. The summed E-state index contributed by atoms with van der Waals surface area (Å²) in [6.45, 7) is 2.36. The maximum absolute atomic E-state index is 12.2. The highest BCUT2D eigenvalue weighted by Gasteiger charge is 2.28. The lowest BCUT2D eigenvalue weighted by molar-refractivity contribution is -0.147. The summed E-state index contributed by atoms with van der Waals surface area (Å²) in [5.41, 5.74) is 0. The van der Waals surface area contributed by atoms with Crippen molar-refractivity contribution >= 4 is 25.7 Å². The molecule has 0 heterocycles. The Labute approximate surface area is 300 Å². The lowest BCUT2D eigenvalue weighted by Crippen LogP contribution is -2.43. The highest BCUT2D eigenvalue weighted by molar-refractivity contribution is 7.47. The molecule has 0 aromatic carbocycles. The van der Waals surface area contributed by atoms with Crippen LogP contribution in [0.4, 0.5) is 0 Å². The van der Waals surface area contributed by atoms with Gasteiger partial charge < -0.3 is 25.2 Å². The van der Waals surface area contributed by atoms with Crippen molar-refractivity contribution in [3.05, 3.63) is 60.8 Å². The summed E-state index contributed by atoms with van der Waals surface area (Å²) in [4.78, 5) is 45.5. The van der Waals surface area contributed by atoms with Gasteiger partial charge in [0, 0.05) is 12.8 Å². The summed E-state index contributed by atoms with van der Waals surface area (Å²) in [5, 5.41) is 21.6. The number of carboxylic acid groups (broad SMARTS) is 1. The summed E-state index contributed by atoms with van der Waals surface area (Å²) in [6.07, 6.45) is 35.7. The number of phosphoric ester groups is 1. The van der Waals surface area contributed by atoms with Gasteiger partial charge in [-0.2, -0.15) is 0 Å². The first-order chi connectivity index (χ1) is 24.1. The number of carbonyl (C=O) groups excluding carboxylic acids is 2. The van der Waals surface area contributed by atoms with Gasteiger partial charge in [0.2, 0.25) is 5.91 Å². The number of hydrogen-bond donors (Lipinski definition) is 4. The number of unbranched alkanes of at least 4 members (excludes halogenated alkanes) is 9. The predicted molar refractivity (Wildman–Crippen MR) is 198 cm³/mol. The highest BCUT2D eigenvalue weighted by Crippen LogP contribution is 2.43. The Balaban J connectivity index is 4.07. The zero-order chi connectivity index (χ0) is 37.1. The smallest absolute Gasteiger partial charge is 0.472 e. The van der Waals surface area contributed by atoms with Crippen LogP contribution in [-0.4, -0.2) is 64.9 Å². The first kappa shape index (κ1) is 47.2. The standard InChI is InChI=1S/C38H64NO10P/c1-3-5-7-9-11-12-13-14-15-16-17-18-19-20-21-22-24-25-27-29-36(41)39-35(38(43)44)33-49-50(45,46)48-32-34(40)31-47-37(42)30-28-26-23-10-8-6-4-2/h5,7,11-12,14-15,17-18,20-21,34-35,40H,3-4,6,8-10,13,16,19,22-33H2,1-2H3,(H,39,41)(H,43,44)(H,45,46)/b7-5-,12-11-,15-14-,18-17-,21-20-. The zero-order valence-electron chi connectivity index (χ0n) is 30.4. The van der Waals surface area contributed by atoms with Gasteiger partial charge in [-0.25, -0.2) is 9.36 Å². The number of carboxylic acids is 1. The number of hydrogen-bond acceptors (Lipinski definition) is 8. The van der Waals surface area contributed by atoms with E-state index in [4.69, 9.17) is 13.8 Å². The number of rotatable bonds is 33. The highest BCUT2D eigenvalue weighted by atomic mass is 31.2. The average Bonchev–Trinajstić information content (AvgIpc) is 3.08. The Kier molecular flexibility index (Phi) is 31.5. The number of allylic oxidation sites excluding steroid dienone is 10. The molecule has 1 amide bonds. The number of aliphatic hydroxyl groups excluding tert-OH is 1. The van der Waals surface area contributed by atoms with Gasteiger partial charge in [-0.15, -0.1) is 0 Å². The van der Waals surface area contributed by atoms with Gasteiger partial charge in [-0.1, -0.05) is 120 Å². The lowest BCUT2D eigenvalue weighted by Gasteiger charge is -2.18. The first-order valence-electron chi connectivity index (χ1n) is 18.3. The van der Waals surface area contributed by atoms with Crippen molar-refractivity contribution in [1.29, 1.82) is 0 Å². The molecule has 0 saturated carbocycles. The topological polar surface area (TPSA) is 169 Å². The van der Waals surface area contributed by atoms with Gasteiger partial charge in [0.05, 0.1) is 13.2 Å². The van der Waals surface area contributed by atoms with Crippen LogP contribution in [0.5, 0.6) is 0 Å². The molecule has 286 valence electrons. The van der Waals surface area contributed by atoms with E-state index in [1.54, 1.807) is 0 Å². The minimum absolute atomic E-state index is 0.104. The molecule has 0 aromatic rings. The van der Waals surface area contributed by atoms with Crippen molar-refractivity contribution < 1.29 is 47.8 Å². The molecule has 4 N–H and O–H groups in total. The molecule has 0 fully saturated rings. The molecule has 0 aliphatic heterocycles. The molecule has 0 aromatic heterocycles. The monoisotopic (exact) mass is 725 g/mol. The summed E-state index contributed by atoms with van der Waals surface area (Å²) >= 11 is 0. The van der Waals surface area contributed by atoms with Crippen molar-refractivity contribution in [1.82, 2.24) is 5.32 Å².